The van der Waals surface area contributed by atoms with Crippen molar-refractivity contribution in [2.24, 2.45) is 0 Å². The maximum Gasteiger partial charge on any atom is 0.306 e. The van der Waals surface area contributed by atoms with Crippen molar-refractivity contribution in [1.82, 2.24) is 0 Å². The largest absolute Gasteiger partial charge is 0.462 e. The first-order chi connectivity index (χ1) is 6.72. The first-order valence-electron chi connectivity index (χ1n) is 5.07. The normalized spacial score (nSPS) is 23.4. The summed E-state index contributed by atoms with van der Waals surface area (Å²) in [5.41, 5.74) is 0. The van der Waals surface area contributed by atoms with Crippen LogP contribution in [0.2, 0.25) is 0 Å². The van der Waals surface area contributed by atoms with E-state index in [0.29, 0.717) is 0 Å². The molecule has 80 valence electrons. The average Bonchev–Trinajstić information content (AvgIpc) is 2.16. The predicted molar refractivity (Wildman–Crippen MR) is 49.6 cm³/mol. The zero-order valence-electron chi connectivity index (χ0n) is 8.45. The second-order valence-corrected chi connectivity index (χ2v) is 3.44. The Bertz CT molecular complexity index is 212. The van der Waals surface area contributed by atoms with E-state index >= 15 is 0 Å². The summed E-state index contributed by atoms with van der Waals surface area (Å²) in [4.78, 5) is 22.1. The topological polar surface area (TPSA) is 52.6 Å². The Morgan fingerprint density at radius 1 is 1.29 bits per heavy atom. The van der Waals surface area contributed by atoms with Crippen molar-refractivity contribution < 1.29 is 19.1 Å². The molecule has 1 heterocycles. The number of unbranched alkanes of at least 4 members (excludes halogenated alkanes) is 1. The lowest BCUT2D eigenvalue weighted by molar-refractivity contribution is -0.165. The number of carbonyl (C=O) groups is 2. The van der Waals surface area contributed by atoms with Crippen molar-refractivity contribution in [3.8, 4) is 0 Å². The van der Waals surface area contributed by atoms with E-state index in [2.05, 4.69) is 6.92 Å². The monoisotopic (exact) mass is 200 g/mol. The molecule has 0 aromatic carbocycles. The van der Waals surface area contributed by atoms with Crippen molar-refractivity contribution in [2.45, 2.75) is 45.1 Å². The highest BCUT2D eigenvalue weighted by Gasteiger charge is 2.20. The van der Waals surface area contributed by atoms with Gasteiger partial charge in [-0.15, -0.1) is 0 Å². The zero-order chi connectivity index (χ0) is 10.4. The molecule has 0 N–H and O–H groups in total. The molecule has 0 aromatic rings. The van der Waals surface area contributed by atoms with Gasteiger partial charge in [0.05, 0.1) is 12.8 Å². The first kappa shape index (κ1) is 11.0. The van der Waals surface area contributed by atoms with Crippen LogP contribution in [0.25, 0.3) is 0 Å². The van der Waals surface area contributed by atoms with Crippen LogP contribution in [0.1, 0.15) is 39.0 Å². The number of ether oxygens (including phenoxy) is 2. The minimum absolute atomic E-state index is 0.138. The molecule has 1 fully saturated rings. The molecule has 1 unspecified atom stereocenters. The Hall–Kier alpha value is -1.06. The number of hydrogen-bond acceptors (Lipinski definition) is 4. The molecule has 0 amide bonds. The number of cyclic esters (lactones) is 2. The number of esters is 2. The van der Waals surface area contributed by atoms with Gasteiger partial charge in [-0.25, -0.2) is 0 Å². The minimum Gasteiger partial charge on any atom is -0.462 e. The van der Waals surface area contributed by atoms with Gasteiger partial charge in [-0.05, 0) is 12.8 Å². The Balaban J connectivity index is 2.40. The summed E-state index contributed by atoms with van der Waals surface area (Å²) in [6, 6.07) is 0. The van der Waals surface area contributed by atoms with Crippen LogP contribution >= 0.6 is 0 Å². The van der Waals surface area contributed by atoms with E-state index in [-0.39, 0.29) is 37.5 Å². The fourth-order valence-corrected chi connectivity index (χ4v) is 1.32. The Kier molecular flexibility index (Phi) is 4.43. The van der Waals surface area contributed by atoms with Crippen molar-refractivity contribution in [1.29, 1.82) is 0 Å². The van der Waals surface area contributed by atoms with Crippen LogP contribution < -0.4 is 0 Å². The summed E-state index contributed by atoms with van der Waals surface area (Å²) in [6.45, 7) is 2.28. The van der Waals surface area contributed by atoms with Gasteiger partial charge < -0.3 is 9.47 Å². The van der Waals surface area contributed by atoms with Gasteiger partial charge >= 0.3 is 11.9 Å². The lowest BCUT2D eigenvalue weighted by Crippen LogP contribution is -2.28. The van der Waals surface area contributed by atoms with E-state index in [4.69, 9.17) is 9.47 Å². The molecule has 4 heteroatoms. The predicted octanol–water partition coefficient (Wildman–Crippen LogP) is 1.43. The van der Waals surface area contributed by atoms with E-state index in [1.54, 1.807) is 0 Å². The SMILES string of the molecule is CCCCC1COC(=O)CCC(=O)O1. The summed E-state index contributed by atoms with van der Waals surface area (Å²) in [5, 5.41) is 0. The minimum atomic E-state index is -0.303. The zero-order valence-corrected chi connectivity index (χ0v) is 8.45. The second-order valence-electron chi connectivity index (χ2n) is 3.44. The van der Waals surface area contributed by atoms with E-state index in [0.717, 1.165) is 19.3 Å². The van der Waals surface area contributed by atoms with Crippen LogP contribution in [0, 0.1) is 0 Å². The highest BCUT2D eigenvalue weighted by atomic mass is 16.6. The lowest BCUT2D eigenvalue weighted by Gasteiger charge is -2.20. The molecule has 0 aromatic heterocycles. The molecule has 1 rings (SSSR count). The number of rotatable bonds is 3. The highest BCUT2D eigenvalue weighted by molar-refractivity contribution is 5.78. The first-order valence-corrected chi connectivity index (χ1v) is 5.07. The smallest absolute Gasteiger partial charge is 0.306 e. The molecule has 0 spiro atoms. The molecular formula is C10H16O4. The molecule has 4 nitrogen and oxygen atoms in total. The fraction of sp³-hybridized carbons (Fsp3) is 0.800. The highest BCUT2D eigenvalue weighted by Crippen LogP contribution is 2.11. The Morgan fingerprint density at radius 3 is 2.71 bits per heavy atom. The van der Waals surface area contributed by atoms with Gasteiger partial charge in [0.2, 0.25) is 0 Å². The van der Waals surface area contributed by atoms with Gasteiger partial charge in [0.15, 0.2) is 0 Å². The summed E-state index contributed by atoms with van der Waals surface area (Å²) in [5.74, 6) is -0.592. The van der Waals surface area contributed by atoms with Crippen molar-refractivity contribution in [3.05, 3.63) is 0 Å². The molecular weight excluding hydrogens is 184 g/mol. The van der Waals surface area contributed by atoms with Crippen molar-refractivity contribution >= 4 is 11.9 Å². The fourth-order valence-electron chi connectivity index (χ4n) is 1.32. The van der Waals surface area contributed by atoms with E-state index < -0.39 is 0 Å². The van der Waals surface area contributed by atoms with Gasteiger partial charge in [-0.2, -0.15) is 0 Å². The van der Waals surface area contributed by atoms with E-state index in [1.165, 1.54) is 0 Å². The molecule has 0 aliphatic carbocycles. The summed E-state index contributed by atoms with van der Waals surface area (Å²) >= 11 is 0. The molecule has 14 heavy (non-hydrogen) atoms. The summed E-state index contributed by atoms with van der Waals surface area (Å²) in [6.07, 6.45) is 2.83. The van der Waals surface area contributed by atoms with Crippen molar-refractivity contribution in [2.75, 3.05) is 6.61 Å². The maximum absolute atomic E-state index is 11.1. The summed E-state index contributed by atoms with van der Waals surface area (Å²) in [7, 11) is 0. The van der Waals surface area contributed by atoms with Crippen molar-refractivity contribution in [3.63, 3.8) is 0 Å². The second kappa shape index (κ2) is 5.62. The van der Waals surface area contributed by atoms with Gasteiger partial charge in [0.1, 0.15) is 12.7 Å². The van der Waals surface area contributed by atoms with E-state index in [1.807, 2.05) is 0 Å². The third-order valence-electron chi connectivity index (χ3n) is 2.14. The van der Waals surface area contributed by atoms with Gasteiger partial charge in [0.25, 0.3) is 0 Å². The van der Waals surface area contributed by atoms with Crippen LogP contribution in [0.3, 0.4) is 0 Å². The van der Waals surface area contributed by atoms with Crippen LogP contribution in [0.4, 0.5) is 0 Å². The van der Waals surface area contributed by atoms with Crippen LogP contribution in [0.15, 0.2) is 0 Å². The molecule has 0 bridgehead atoms. The van der Waals surface area contributed by atoms with Gasteiger partial charge in [-0.1, -0.05) is 13.3 Å². The number of carbonyl (C=O) groups excluding carboxylic acids is 2. The molecule has 1 aliphatic rings. The van der Waals surface area contributed by atoms with Crippen LogP contribution in [-0.4, -0.2) is 24.6 Å². The molecule has 0 radical (unpaired) electrons. The van der Waals surface area contributed by atoms with Gasteiger partial charge in [0, 0.05) is 0 Å². The molecule has 1 aliphatic heterocycles. The maximum atomic E-state index is 11.1. The van der Waals surface area contributed by atoms with Crippen LogP contribution in [-0.2, 0) is 19.1 Å². The van der Waals surface area contributed by atoms with Crippen LogP contribution in [0.5, 0.6) is 0 Å². The average molecular weight is 200 g/mol. The Labute approximate surface area is 83.6 Å². The standard InChI is InChI=1S/C10H16O4/c1-2-3-4-8-7-13-9(11)5-6-10(12)14-8/h8H,2-7H2,1H3. The lowest BCUT2D eigenvalue weighted by atomic mass is 10.1. The Morgan fingerprint density at radius 2 is 2.00 bits per heavy atom. The molecule has 0 saturated carbocycles. The third kappa shape index (κ3) is 3.77. The van der Waals surface area contributed by atoms with E-state index in [9.17, 15) is 9.59 Å². The quantitative estimate of drug-likeness (QED) is 0.646. The molecule has 1 saturated heterocycles. The number of hydrogen-bond donors (Lipinski definition) is 0. The molecule has 1 atom stereocenters. The summed E-state index contributed by atoms with van der Waals surface area (Å²) < 4.78 is 10.1. The third-order valence-corrected chi connectivity index (χ3v) is 2.14. The van der Waals surface area contributed by atoms with Gasteiger partial charge in [-0.3, -0.25) is 9.59 Å².